The first-order valence-electron chi connectivity index (χ1n) is 7.55. The van der Waals surface area contributed by atoms with Crippen LogP contribution in [0.1, 0.15) is 33.9 Å². The number of halogens is 2. The molecule has 0 saturated heterocycles. The molecule has 0 aliphatic heterocycles. The smallest absolute Gasteiger partial charge is 0.111 e. The van der Waals surface area contributed by atoms with E-state index in [2.05, 4.69) is 43.1 Å². The first-order chi connectivity index (χ1) is 11.0. The molecule has 0 atom stereocenters. The topological polar surface area (TPSA) is 28.7 Å². The Hall–Kier alpha value is -1.77. The van der Waals surface area contributed by atoms with Gasteiger partial charge in [-0.25, -0.2) is 4.98 Å². The molecule has 0 bridgehead atoms. The molecule has 1 heterocycles. The van der Waals surface area contributed by atoms with Crippen LogP contribution in [0.3, 0.4) is 0 Å². The summed E-state index contributed by atoms with van der Waals surface area (Å²) in [6.07, 6.45) is 1.56. The van der Waals surface area contributed by atoms with Crippen LogP contribution in [0, 0.1) is 13.8 Å². The summed E-state index contributed by atoms with van der Waals surface area (Å²) in [7, 11) is 0. The van der Waals surface area contributed by atoms with Crippen molar-refractivity contribution in [3.63, 3.8) is 0 Å². The minimum absolute atomic E-state index is 0.578. The van der Waals surface area contributed by atoms with Crippen molar-refractivity contribution in [3.05, 3.63) is 86.4 Å². The maximum Gasteiger partial charge on any atom is 0.111 e. The maximum absolute atomic E-state index is 6.09. The lowest BCUT2D eigenvalue weighted by atomic mass is 10.1. The number of imidazole rings is 1. The van der Waals surface area contributed by atoms with Gasteiger partial charge in [0, 0.05) is 18.5 Å². The molecule has 3 rings (SSSR count). The number of aryl methyl sites for hydroxylation is 2. The van der Waals surface area contributed by atoms with Crippen molar-refractivity contribution >= 4 is 23.2 Å². The first-order valence-corrected chi connectivity index (χ1v) is 8.31. The Bertz CT molecular complexity index is 837. The van der Waals surface area contributed by atoms with E-state index in [1.807, 2.05) is 18.2 Å². The Balaban J connectivity index is 1.81. The van der Waals surface area contributed by atoms with E-state index in [0.717, 1.165) is 35.6 Å². The van der Waals surface area contributed by atoms with Crippen LogP contribution in [0.2, 0.25) is 10.0 Å². The van der Waals surface area contributed by atoms with Crippen LogP contribution < -0.4 is 0 Å². The highest BCUT2D eigenvalue weighted by molar-refractivity contribution is 6.42. The second-order valence-corrected chi connectivity index (χ2v) is 6.60. The van der Waals surface area contributed by atoms with E-state index in [1.54, 1.807) is 0 Å². The second-order valence-electron chi connectivity index (χ2n) is 5.78. The number of aromatic nitrogens is 2. The number of benzene rings is 2. The summed E-state index contributed by atoms with van der Waals surface area (Å²) in [6, 6.07) is 14.1. The van der Waals surface area contributed by atoms with E-state index < -0.39 is 0 Å². The van der Waals surface area contributed by atoms with Gasteiger partial charge in [-0.1, -0.05) is 53.5 Å². The second kappa shape index (κ2) is 6.77. The van der Waals surface area contributed by atoms with Gasteiger partial charge in [-0.15, -0.1) is 0 Å². The van der Waals surface area contributed by atoms with Crippen LogP contribution in [0.25, 0.3) is 0 Å². The van der Waals surface area contributed by atoms with Gasteiger partial charge < -0.3 is 4.98 Å². The lowest BCUT2D eigenvalue weighted by Crippen LogP contribution is -1.94. The monoisotopic (exact) mass is 344 g/mol. The summed E-state index contributed by atoms with van der Waals surface area (Å²) >= 11 is 12.1. The summed E-state index contributed by atoms with van der Waals surface area (Å²) in [5.41, 5.74) is 5.83. The minimum atomic E-state index is 0.578. The van der Waals surface area contributed by atoms with Crippen molar-refractivity contribution in [2.75, 3.05) is 0 Å². The quantitative estimate of drug-likeness (QED) is 0.663. The van der Waals surface area contributed by atoms with Crippen LogP contribution in [0.4, 0.5) is 0 Å². The van der Waals surface area contributed by atoms with E-state index in [0.29, 0.717) is 10.0 Å². The Morgan fingerprint density at radius 2 is 1.74 bits per heavy atom. The highest BCUT2D eigenvalue weighted by atomic mass is 35.5. The van der Waals surface area contributed by atoms with E-state index in [4.69, 9.17) is 28.2 Å². The van der Waals surface area contributed by atoms with Crippen molar-refractivity contribution in [1.29, 1.82) is 0 Å². The summed E-state index contributed by atoms with van der Waals surface area (Å²) in [6.45, 7) is 4.18. The highest BCUT2D eigenvalue weighted by Gasteiger charge is 2.10. The number of nitrogens with zero attached hydrogens (tertiary/aromatic N) is 1. The Morgan fingerprint density at radius 1 is 0.957 bits per heavy atom. The van der Waals surface area contributed by atoms with Crippen molar-refractivity contribution in [2.45, 2.75) is 26.7 Å². The highest BCUT2D eigenvalue weighted by Crippen LogP contribution is 2.24. The van der Waals surface area contributed by atoms with Gasteiger partial charge in [0.1, 0.15) is 5.82 Å². The zero-order valence-electron chi connectivity index (χ0n) is 13.2. The average Bonchev–Trinajstić information content (AvgIpc) is 2.85. The first kappa shape index (κ1) is 16.1. The number of nitrogens with one attached hydrogen (secondary N) is 1. The predicted molar refractivity (Wildman–Crippen MR) is 96.6 cm³/mol. The van der Waals surface area contributed by atoms with Crippen LogP contribution in [-0.4, -0.2) is 9.97 Å². The van der Waals surface area contributed by atoms with Crippen LogP contribution in [-0.2, 0) is 12.8 Å². The molecule has 3 aromatic rings. The molecule has 2 nitrogen and oxygen atoms in total. The maximum atomic E-state index is 6.09. The number of H-pyrrole nitrogens is 1. The predicted octanol–water partition coefficient (Wildman–Crippen LogP) is 5.51. The molecular weight excluding hydrogens is 327 g/mol. The van der Waals surface area contributed by atoms with E-state index >= 15 is 0 Å². The third-order valence-electron chi connectivity index (χ3n) is 4.01. The molecular formula is C19H18Cl2N2. The Kier molecular flexibility index (Phi) is 4.74. The summed E-state index contributed by atoms with van der Waals surface area (Å²) in [5.74, 6) is 0.992. The standard InChI is InChI=1S/C19H18Cl2N2/c1-12-5-3-4-6-15(12)11-19-22-13(2)18(23-19)10-14-7-8-16(20)17(21)9-14/h3-9H,10-11H2,1-2H3,(H,22,23). The number of hydrogen-bond donors (Lipinski definition) is 1. The fraction of sp³-hybridized carbons (Fsp3) is 0.211. The van der Waals surface area contributed by atoms with Crippen LogP contribution >= 0.6 is 23.2 Å². The van der Waals surface area contributed by atoms with E-state index in [9.17, 15) is 0 Å². The lowest BCUT2D eigenvalue weighted by Gasteiger charge is -2.03. The molecule has 23 heavy (non-hydrogen) atoms. The van der Waals surface area contributed by atoms with Gasteiger partial charge in [0.15, 0.2) is 0 Å². The molecule has 118 valence electrons. The molecule has 4 heteroatoms. The van der Waals surface area contributed by atoms with Gasteiger partial charge >= 0.3 is 0 Å². The van der Waals surface area contributed by atoms with Crippen LogP contribution in [0.5, 0.6) is 0 Å². The van der Waals surface area contributed by atoms with Gasteiger partial charge in [-0.3, -0.25) is 0 Å². The zero-order valence-corrected chi connectivity index (χ0v) is 14.7. The molecule has 0 unspecified atom stereocenters. The number of aromatic amines is 1. The van der Waals surface area contributed by atoms with Crippen LogP contribution in [0.15, 0.2) is 42.5 Å². The van der Waals surface area contributed by atoms with Gasteiger partial charge in [0.2, 0.25) is 0 Å². The van der Waals surface area contributed by atoms with Crippen molar-refractivity contribution < 1.29 is 0 Å². The summed E-state index contributed by atoms with van der Waals surface area (Å²) < 4.78 is 0. The molecule has 0 amide bonds. The zero-order chi connectivity index (χ0) is 16.4. The van der Waals surface area contributed by atoms with Gasteiger partial charge in [0.05, 0.1) is 15.7 Å². The molecule has 0 radical (unpaired) electrons. The molecule has 0 aliphatic carbocycles. The number of rotatable bonds is 4. The number of hydrogen-bond acceptors (Lipinski definition) is 1. The summed E-state index contributed by atoms with van der Waals surface area (Å²) in [5, 5.41) is 1.16. The van der Waals surface area contributed by atoms with Crippen molar-refractivity contribution in [2.24, 2.45) is 0 Å². The van der Waals surface area contributed by atoms with Gasteiger partial charge in [-0.05, 0) is 42.7 Å². The average molecular weight is 345 g/mol. The fourth-order valence-electron chi connectivity index (χ4n) is 2.65. The van der Waals surface area contributed by atoms with Crippen molar-refractivity contribution in [3.8, 4) is 0 Å². The molecule has 0 fully saturated rings. The van der Waals surface area contributed by atoms with Gasteiger partial charge in [0.25, 0.3) is 0 Å². The SMILES string of the molecule is Cc1ccccc1Cc1nc(Cc2ccc(Cl)c(Cl)c2)c(C)[nH]1. The molecule has 1 aromatic heterocycles. The third-order valence-corrected chi connectivity index (χ3v) is 4.75. The molecule has 0 saturated carbocycles. The molecule has 0 spiro atoms. The largest absolute Gasteiger partial charge is 0.346 e. The lowest BCUT2D eigenvalue weighted by molar-refractivity contribution is 0.991. The summed E-state index contributed by atoms with van der Waals surface area (Å²) in [4.78, 5) is 8.16. The van der Waals surface area contributed by atoms with Crippen molar-refractivity contribution in [1.82, 2.24) is 9.97 Å². The molecule has 1 N–H and O–H groups in total. The third kappa shape index (κ3) is 3.77. The minimum Gasteiger partial charge on any atom is -0.346 e. The Morgan fingerprint density at radius 3 is 2.48 bits per heavy atom. The fourth-order valence-corrected chi connectivity index (χ4v) is 2.97. The van der Waals surface area contributed by atoms with E-state index in [1.165, 1.54) is 11.1 Å². The Labute approximate surface area is 146 Å². The normalized spacial score (nSPS) is 11.0. The van der Waals surface area contributed by atoms with E-state index in [-0.39, 0.29) is 0 Å². The molecule has 0 aliphatic rings. The molecule has 2 aromatic carbocycles. The van der Waals surface area contributed by atoms with Gasteiger partial charge in [-0.2, -0.15) is 0 Å².